The summed E-state index contributed by atoms with van der Waals surface area (Å²) in [6.07, 6.45) is 5.89. The van der Waals surface area contributed by atoms with Crippen molar-refractivity contribution in [2.45, 2.75) is 50.7 Å². The lowest BCUT2D eigenvalue weighted by atomic mass is 9.82. The van der Waals surface area contributed by atoms with Crippen LogP contribution in [0.1, 0.15) is 44.1 Å². The minimum Gasteiger partial charge on any atom is -0.391 e. The molecule has 1 aromatic heterocycles. The standard InChI is InChI=1S/C17H24N4O3/c1-19-15(13(9-18)16(23)20(2)17(19)24)21-10-12(22)8-14(21)11-6-4-3-5-7-11/h11-12,14,22H,3-8,10H2,1-2H3/t12-,14+/m1/s1. The average molecular weight is 332 g/mol. The molecule has 0 amide bonds. The van der Waals surface area contributed by atoms with E-state index in [0.29, 0.717) is 24.7 Å². The van der Waals surface area contributed by atoms with E-state index in [4.69, 9.17) is 0 Å². The molecule has 1 aromatic rings. The number of aliphatic hydroxyl groups is 1. The van der Waals surface area contributed by atoms with Gasteiger partial charge in [0.05, 0.1) is 6.10 Å². The van der Waals surface area contributed by atoms with E-state index >= 15 is 0 Å². The molecule has 0 unspecified atom stereocenters. The van der Waals surface area contributed by atoms with E-state index in [-0.39, 0.29) is 11.6 Å². The van der Waals surface area contributed by atoms with Crippen molar-refractivity contribution in [1.82, 2.24) is 9.13 Å². The molecule has 2 aliphatic rings. The summed E-state index contributed by atoms with van der Waals surface area (Å²) >= 11 is 0. The summed E-state index contributed by atoms with van der Waals surface area (Å²) in [7, 11) is 2.97. The van der Waals surface area contributed by atoms with Crippen molar-refractivity contribution in [3.63, 3.8) is 0 Å². The van der Waals surface area contributed by atoms with Gasteiger partial charge in [0.25, 0.3) is 5.56 Å². The second kappa shape index (κ2) is 6.44. The maximum absolute atomic E-state index is 12.4. The number of hydrogen-bond acceptors (Lipinski definition) is 5. The third kappa shape index (κ3) is 2.65. The first-order chi connectivity index (χ1) is 11.5. The summed E-state index contributed by atoms with van der Waals surface area (Å²) < 4.78 is 2.33. The lowest BCUT2D eigenvalue weighted by molar-refractivity contribution is 0.185. The van der Waals surface area contributed by atoms with Gasteiger partial charge in [-0.1, -0.05) is 19.3 Å². The quantitative estimate of drug-likeness (QED) is 0.850. The largest absolute Gasteiger partial charge is 0.391 e. The monoisotopic (exact) mass is 332 g/mol. The van der Waals surface area contributed by atoms with Gasteiger partial charge in [0.1, 0.15) is 11.9 Å². The van der Waals surface area contributed by atoms with Gasteiger partial charge in [-0.05, 0) is 25.2 Å². The van der Waals surface area contributed by atoms with Gasteiger partial charge < -0.3 is 10.0 Å². The van der Waals surface area contributed by atoms with E-state index in [1.807, 2.05) is 11.0 Å². The molecule has 7 heteroatoms. The molecular weight excluding hydrogens is 308 g/mol. The SMILES string of the molecule is Cn1c(N2C[C@H](O)C[C@H]2C2CCCCC2)c(C#N)c(=O)n(C)c1=O. The number of β-amino-alcohol motifs (C(OH)–C–C–N with tert-alkyl or cyclic N) is 1. The van der Waals surface area contributed by atoms with Crippen LogP contribution in [0.5, 0.6) is 0 Å². The molecule has 0 aromatic carbocycles. The van der Waals surface area contributed by atoms with Crippen molar-refractivity contribution in [3.05, 3.63) is 26.4 Å². The van der Waals surface area contributed by atoms with Crippen molar-refractivity contribution in [3.8, 4) is 6.07 Å². The van der Waals surface area contributed by atoms with E-state index in [1.165, 1.54) is 30.9 Å². The van der Waals surface area contributed by atoms with Gasteiger partial charge in [-0.3, -0.25) is 13.9 Å². The first kappa shape index (κ1) is 16.8. The smallest absolute Gasteiger partial charge is 0.332 e. The molecule has 1 aliphatic heterocycles. The maximum atomic E-state index is 12.4. The van der Waals surface area contributed by atoms with Gasteiger partial charge in [0, 0.05) is 26.7 Å². The van der Waals surface area contributed by atoms with Crippen LogP contribution in [0.25, 0.3) is 0 Å². The molecule has 1 saturated heterocycles. The molecular formula is C17H24N4O3. The number of rotatable bonds is 2. The Morgan fingerprint density at radius 3 is 2.42 bits per heavy atom. The van der Waals surface area contributed by atoms with Crippen molar-refractivity contribution in [2.75, 3.05) is 11.4 Å². The second-order valence-electron chi connectivity index (χ2n) is 7.02. The Labute approximate surface area is 140 Å². The number of anilines is 1. The zero-order valence-corrected chi connectivity index (χ0v) is 14.2. The predicted molar refractivity (Wildman–Crippen MR) is 90.0 cm³/mol. The van der Waals surface area contributed by atoms with E-state index in [9.17, 15) is 20.0 Å². The third-order valence-electron chi connectivity index (χ3n) is 5.53. The molecule has 24 heavy (non-hydrogen) atoms. The van der Waals surface area contributed by atoms with E-state index in [0.717, 1.165) is 17.4 Å². The van der Waals surface area contributed by atoms with Crippen LogP contribution in [0.3, 0.4) is 0 Å². The number of nitrogens with zero attached hydrogens (tertiary/aromatic N) is 4. The Kier molecular flexibility index (Phi) is 4.50. The maximum Gasteiger partial charge on any atom is 0.332 e. The lowest BCUT2D eigenvalue weighted by Gasteiger charge is -2.36. The number of nitriles is 1. The van der Waals surface area contributed by atoms with Gasteiger partial charge >= 0.3 is 5.69 Å². The van der Waals surface area contributed by atoms with Crippen molar-refractivity contribution >= 4 is 5.82 Å². The van der Waals surface area contributed by atoms with E-state index < -0.39 is 17.4 Å². The first-order valence-electron chi connectivity index (χ1n) is 8.60. The molecule has 0 radical (unpaired) electrons. The Bertz CT molecular complexity index is 783. The molecule has 2 atom stereocenters. The van der Waals surface area contributed by atoms with Gasteiger partial charge in [0.2, 0.25) is 0 Å². The third-order valence-corrected chi connectivity index (χ3v) is 5.53. The Morgan fingerprint density at radius 1 is 1.12 bits per heavy atom. The second-order valence-corrected chi connectivity index (χ2v) is 7.02. The zero-order chi connectivity index (χ0) is 17.4. The highest BCUT2D eigenvalue weighted by Gasteiger charge is 2.39. The molecule has 0 bridgehead atoms. The molecule has 2 heterocycles. The number of aromatic nitrogens is 2. The minimum atomic E-state index is -0.570. The molecule has 3 rings (SSSR count). The van der Waals surface area contributed by atoms with Gasteiger partial charge in [-0.2, -0.15) is 5.26 Å². The first-order valence-corrected chi connectivity index (χ1v) is 8.60. The zero-order valence-electron chi connectivity index (χ0n) is 14.2. The summed E-state index contributed by atoms with van der Waals surface area (Å²) in [6, 6.07) is 2.05. The predicted octanol–water partition coefficient (Wildman–Crippen LogP) is 0.476. The van der Waals surface area contributed by atoms with Crippen LogP contribution in [0.15, 0.2) is 9.59 Å². The van der Waals surface area contributed by atoms with Crippen LogP contribution < -0.4 is 16.1 Å². The summed E-state index contributed by atoms with van der Waals surface area (Å²) in [6.45, 7) is 0.357. The highest BCUT2D eigenvalue weighted by Crippen LogP contribution is 2.37. The lowest BCUT2D eigenvalue weighted by Crippen LogP contribution is -2.45. The van der Waals surface area contributed by atoms with Crippen LogP contribution in [0.2, 0.25) is 0 Å². The molecule has 1 N–H and O–H groups in total. The number of aliphatic hydroxyl groups excluding tert-OH is 1. The van der Waals surface area contributed by atoms with Gasteiger partial charge in [-0.25, -0.2) is 4.79 Å². The Balaban J connectivity index is 2.11. The fourth-order valence-corrected chi connectivity index (χ4v) is 4.32. The molecule has 7 nitrogen and oxygen atoms in total. The van der Waals surface area contributed by atoms with Crippen molar-refractivity contribution in [1.29, 1.82) is 5.26 Å². The molecule has 1 aliphatic carbocycles. The van der Waals surface area contributed by atoms with Crippen molar-refractivity contribution in [2.24, 2.45) is 20.0 Å². The van der Waals surface area contributed by atoms with Crippen LogP contribution >= 0.6 is 0 Å². The molecule has 0 spiro atoms. The Morgan fingerprint density at radius 2 is 1.79 bits per heavy atom. The van der Waals surface area contributed by atoms with Gasteiger partial charge in [-0.15, -0.1) is 0 Å². The topological polar surface area (TPSA) is 91.3 Å². The van der Waals surface area contributed by atoms with E-state index in [2.05, 4.69) is 0 Å². The van der Waals surface area contributed by atoms with E-state index in [1.54, 1.807) is 7.05 Å². The summed E-state index contributed by atoms with van der Waals surface area (Å²) in [5.74, 6) is 0.791. The number of hydrogen-bond donors (Lipinski definition) is 1. The fourth-order valence-electron chi connectivity index (χ4n) is 4.32. The summed E-state index contributed by atoms with van der Waals surface area (Å²) in [4.78, 5) is 26.6. The summed E-state index contributed by atoms with van der Waals surface area (Å²) in [5, 5.41) is 19.7. The highest BCUT2D eigenvalue weighted by molar-refractivity contribution is 5.55. The molecule has 2 fully saturated rings. The van der Waals surface area contributed by atoms with Crippen LogP contribution in [-0.4, -0.2) is 32.9 Å². The van der Waals surface area contributed by atoms with Gasteiger partial charge in [0.15, 0.2) is 5.56 Å². The normalized spacial score (nSPS) is 25.0. The summed E-state index contributed by atoms with van der Waals surface area (Å²) in [5.41, 5.74) is -1.04. The molecule has 130 valence electrons. The highest BCUT2D eigenvalue weighted by atomic mass is 16.3. The van der Waals surface area contributed by atoms with Crippen molar-refractivity contribution < 1.29 is 5.11 Å². The van der Waals surface area contributed by atoms with Crippen LogP contribution in [0, 0.1) is 17.2 Å². The fraction of sp³-hybridized carbons (Fsp3) is 0.706. The minimum absolute atomic E-state index is 0.0190. The Hall–Kier alpha value is -2.07. The van der Waals surface area contributed by atoms with Crippen LogP contribution in [0.4, 0.5) is 5.82 Å². The average Bonchev–Trinajstić information content (AvgIpc) is 2.98. The van der Waals surface area contributed by atoms with Crippen LogP contribution in [-0.2, 0) is 14.1 Å². The molecule has 1 saturated carbocycles.